The number of hydrogen-bond acceptors (Lipinski definition) is 7. The second-order valence-electron chi connectivity index (χ2n) is 8.84. The van der Waals surface area contributed by atoms with E-state index in [1.807, 2.05) is 30.3 Å². The van der Waals surface area contributed by atoms with Crippen LogP contribution in [0.3, 0.4) is 0 Å². The zero-order chi connectivity index (χ0) is 24.1. The molecule has 1 amide bonds. The molecule has 0 aliphatic heterocycles. The predicted octanol–water partition coefficient (Wildman–Crippen LogP) is 5.34. The third kappa shape index (κ3) is 5.71. The summed E-state index contributed by atoms with van der Waals surface area (Å²) in [6.07, 6.45) is 0. The van der Waals surface area contributed by atoms with Crippen molar-refractivity contribution < 1.29 is 4.79 Å². The highest BCUT2D eigenvalue weighted by Gasteiger charge is 2.18. The Kier molecular flexibility index (Phi) is 7.43. The van der Waals surface area contributed by atoms with Crippen LogP contribution in [0.15, 0.2) is 59.8 Å². The van der Waals surface area contributed by atoms with Gasteiger partial charge in [-0.15, -0.1) is 20.4 Å². The van der Waals surface area contributed by atoms with Gasteiger partial charge in [-0.25, -0.2) is 0 Å². The Morgan fingerprint density at radius 2 is 1.74 bits per heavy atom. The normalized spacial score (nSPS) is 11.5. The summed E-state index contributed by atoms with van der Waals surface area (Å²) >= 11 is 2.85. The lowest BCUT2D eigenvalue weighted by Crippen LogP contribution is -2.22. The fourth-order valence-electron chi connectivity index (χ4n) is 3.40. The maximum atomic E-state index is 12.4. The molecule has 176 valence electrons. The van der Waals surface area contributed by atoms with E-state index in [9.17, 15) is 4.79 Å². The van der Waals surface area contributed by atoms with E-state index in [-0.39, 0.29) is 11.3 Å². The van der Waals surface area contributed by atoms with E-state index in [4.69, 9.17) is 0 Å². The highest BCUT2D eigenvalue weighted by atomic mass is 32.2. The van der Waals surface area contributed by atoms with Crippen molar-refractivity contribution in [3.8, 4) is 11.4 Å². The van der Waals surface area contributed by atoms with Crippen molar-refractivity contribution in [2.45, 2.75) is 57.1 Å². The fraction of sp³-hybridized carbons (Fsp3) is 0.320. The number of amides is 1. The molecule has 0 spiro atoms. The van der Waals surface area contributed by atoms with Gasteiger partial charge in [-0.1, -0.05) is 98.5 Å². The SMILES string of the molecule is CCn1c(SCc2nnc(C(=O)NCc3ccccc3)s2)nnc1-c1ccc(C(C)(C)C)cc1. The molecule has 0 aliphatic carbocycles. The summed E-state index contributed by atoms with van der Waals surface area (Å²) < 4.78 is 2.10. The van der Waals surface area contributed by atoms with Gasteiger partial charge >= 0.3 is 0 Å². The lowest BCUT2D eigenvalue weighted by molar-refractivity contribution is 0.0950. The molecule has 2 heterocycles. The summed E-state index contributed by atoms with van der Waals surface area (Å²) in [7, 11) is 0. The zero-order valence-corrected chi connectivity index (χ0v) is 21.4. The highest BCUT2D eigenvalue weighted by Crippen LogP contribution is 2.29. The third-order valence-electron chi connectivity index (χ3n) is 5.32. The van der Waals surface area contributed by atoms with Crippen LogP contribution >= 0.6 is 23.1 Å². The number of hydrogen-bond donors (Lipinski definition) is 1. The Morgan fingerprint density at radius 1 is 1.00 bits per heavy atom. The van der Waals surface area contributed by atoms with Crippen molar-refractivity contribution in [3.63, 3.8) is 0 Å². The van der Waals surface area contributed by atoms with Crippen LogP contribution in [0.2, 0.25) is 0 Å². The summed E-state index contributed by atoms with van der Waals surface area (Å²) in [5.41, 5.74) is 3.48. The average molecular weight is 493 g/mol. The van der Waals surface area contributed by atoms with Crippen LogP contribution in [-0.4, -0.2) is 30.9 Å². The van der Waals surface area contributed by atoms with Crippen molar-refractivity contribution in [2.24, 2.45) is 0 Å². The van der Waals surface area contributed by atoms with Crippen LogP contribution in [0, 0.1) is 0 Å². The molecule has 4 rings (SSSR count). The number of rotatable bonds is 8. The Labute approximate surface area is 208 Å². The van der Waals surface area contributed by atoms with Gasteiger partial charge < -0.3 is 9.88 Å². The van der Waals surface area contributed by atoms with E-state index in [1.54, 1.807) is 11.8 Å². The molecule has 2 aromatic carbocycles. The smallest absolute Gasteiger partial charge is 0.282 e. The number of carbonyl (C=O) groups is 1. The van der Waals surface area contributed by atoms with Gasteiger partial charge in [0.2, 0.25) is 5.01 Å². The van der Waals surface area contributed by atoms with Gasteiger partial charge in [0, 0.05) is 18.7 Å². The molecule has 0 saturated heterocycles. The molecule has 0 atom stereocenters. The monoisotopic (exact) mass is 492 g/mol. The Morgan fingerprint density at radius 3 is 2.41 bits per heavy atom. The molecule has 9 heteroatoms. The standard InChI is InChI=1S/C25H28N6OS2/c1-5-31-21(18-11-13-19(14-12-18)25(2,3)4)28-30-24(31)33-16-20-27-29-23(34-20)22(32)26-15-17-9-7-6-8-10-17/h6-14H,5,15-16H2,1-4H3,(H,26,32). The lowest BCUT2D eigenvalue weighted by atomic mass is 9.87. The first-order valence-electron chi connectivity index (χ1n) is 11.2. The van der Waals surface area contributed by atoms with E-state index >= 15 is 0 Å². The Bertz CT molecular complexity index is 1240. The summed E-state index contributed by atoms with van der Waals surface area (Å²) in [5, 5.41) is 22.0. The summed E-state index contributed by atoms with van der Waals surface area (Å²) in [6, 6.07) is 18.3. The van der Waals surface area contributed by atoms with E-state index in [0.29, 0.717) is 17.3 Å². The summed E-state index contributed by atoms with van der Waals surface area (Å²) in [5.74, 6) is 1.21. The number of carbonyl (C=O) groups excluding carboxylic acids is 1. The van der Waals surface area contributed by atoms with E-state index in [2.05, 4.69) is 82.2 Å². The minimum atomic E-state index is -0.213. The molecule has 0 unspecified atom stereocenters. The van der Waals surface area contributed by atoms with Gasteiger partial charge in [0.25, 0.3) is 5.91 Å². The second-order valence-corrected chi connectivity index (χ2v) is 10.8. The molecule has 0 radical (unpaired) electrons. The van der Waals surface area contributed by atoms with Gasteiger partial charge in [-0.3, -0.25) is 4.79 Å². The van der Waals surface area contributed by atoms with E-state index in [1.165, 1.54) is 16.9 Å². The molecule has 0 saturated carbocycles. The zero-order valence-electron chi connectivity index (χ0n) is 19.8. The lowest BCUT2D eigenvalue weighted by Gasteiger charge is -2.19. The van der Waals surface area contributed by atoms with Crippen molar-refractivity contribution in [3.05, 3.63) is 75.7 Å². The largest absolute Gasteiger partial charge is 0.346 e. The van der Waals surface area contributed by atoms with Crippen molar-refractivity contribution in [2.75, 3.05) is 0 Å². The van der Waals surface area contributed by atoms with Crippen LogP contribution in [0.1, 0.15) is 53.6 Å². The minimum absolute atomic E-state index is 0.108. The molecule has 0 fully saturated rings. The Hall–Kier alpha value is -3.04. The number of thioether (sulfide) groups is 1. The first-order valence-corrected chi connectivity index (χ1v) is 13.0. The summed E-state index contributed by atoms with van der Waals surface area (Å²) in [6.45, 7) is 9.92. The molecule has 1 N–H and O–H groups in total. The van der Waals surface area contributed by atoms with Gasteiger partial charge in [0.05, 0.1) is 5.75 Å². The van der Waals surface area contributed by atoms with Crippen LogP contribution in [0.5, 0.6) is 0 Å². The molecule has 34 heavy (non-hydrogen) atoms. The summed E-state index contributed by atoms with van der Waals surface area (Å²) in [4.78, 5) is 12.4. The van der Waals surface area contributed by atoms with Crippen molar-refractivity contribution >= 4 is 29.0 Å². The molecular weight excluding hydrogens is 464 g/mol. The predicted molar refractivity (Wildman–Crippen MR) is 137 cm³/mol. The van der Waals surface area contributed by atoms with Crippen molar-refractivity contribution in [1.82, 2.24) is 30.3 Å². The van der Waals surface area contributed by atoms with Gasteiger partial charge in [-0.05, 0) is 23.5 Å². The molecular formula is C25H28N6OS2. The van der Waals surface area contributed by atoms with E-state index < -0.39 is 0 Å². The van der Waals surface area contributed by atoms with Gasteiger partial charge in [0.15, 0.2) is 11.0 Å². The molecule has 7 nitrogen and oxygen atoms in total. The first kappa shape index (κ1) is 24.1. The number of nitrogens with one attached hydrogen (secondary N) is 1. The average Bonchev–Trinajstić information content (AvgIpc) is 3.48. The van der Waals surface area contributed by atoms with Gasteiger partial charge in [-0.2, -0.15) is 0 Å². The number of aromatic nitrogens is 5. The van der Waals surface area contributed by atoms with Crippen molar-refractivity contribution in [1.29, 1.82) is 0 Å². The maximum absolute atomic E-state index is 12.4. The number of benzene rings is 2. The molecule has 4 aromatic rings. The fourth-order valence-corrected chi connectivity index (χ4v) is 5.14. The van der Waals surface area contributed by atoms with E-state index in [0.717, 1.165) is 33.7 Å². The first-order chi connectivity index (χ1) is 16.3. The maximum Gasteiger partial charge on any atom is 0.282 e. The topological polar surface area (TPSA) is 85.6 Å². The van der Waals surface area contributed by atoms with Crippen LogP contribution in [0.4, 0.5) is 0 Å². The quantitative estimate of drug-likeness (QED) is 0.334. The Balaban J connectivity index is 1.39. The minimum Gasteiger partial charge on any atom is -0.346 e. The molecule has 2 aromatic heterocycles. The molecule has 0 aliphatic rings. The van der Waals surface area contributed by atoms with Crippen LogP contribution in [-0.2, 0) is 24.3 Å². The van der Waals surface area contributed by atoms with Crippen LogP contribution < -0.4 is 5.32 Å². The highest BCUT2D eigenvalue weighted by molar-refractivity contribution is 7.98. The van der Waals surface area contributed by atoms with Crippen LogP contribution in [0.25, 0.3) is 11.4 Å². The molecule has 0 bridgehead atoms. The van der Waals surface area contributed by atoms with Gasteiger partial charge in [0.1, 0.15) is 5.01 Å². The second kappa shape index (κ2) is 10.5. The third-order valence-corrected chi connectivity index (χ3v) is 7.41. The number of nitrogens with zero attached hydrogens (tertiary/aromatic N) is 5.